The Kier molecular flexibility index (Phi) is 4.91. The number of nitrogens with zero attached hydrogens (tertiary/aromatic N) is 2. The average Bonchev–Trinajstić information content (AvgIpc) is 2.58. The van der Waals surface area contributed by atoms with Crippen LogP contribution in [0.5, 0.6) is 5.75 Å². The van der Waals surface area contributed by atoms with Crippen LogP contribution in [0.4, 0.5) is 5.82 Å². The molecule has 2 aromatic heterocycles. The molecule has 3 aromatic rings. The molecular weight excluding hydrogens is 406 g/mol. The second kappa shape index (κ2) is 6.97. The Labute approximate surface area is 154 Å². The van der Waals surface area contributed by atoms with E-state index in [2.05, 4.69) is 30.6 Å². The van der Waals surface area contributed by atoms with Crippen molar-refractivity contribution in [2.24, 2.45) is 0 Å². The first kappa shape index (κ1) is 17.6. The summed E-state index contributed by atoms with van der Waals surface area (Å²) < 4.78 is 34.6. The van der Waals surface area contributed by atoms with Gasteiger partial charge in [-0.15, -0.1) is 0 Å². The van der Waals surface area contributed by atoms with Gasteiger partial charge in [0.2, 0.25) is 0 Å². The third-order valence-electron chi connectivity index (χ3n) is 3.56. The molecular formula is C17H16BrN3O3S. The molecule has 0 unspecified atom stereocenters. The number of benzene rings is 1. The van der Waals surface area contributed by atoms with Gasteiger partial charge in [-0.3, -0.25) is 9.71 Å². The highest BCUT2D eigenvalue weighted by Gasteiger charge is 2.21. The Balaban J connectivity index is 2.10. The van der Waals surface area contributed by atoms with E-state index in [9.17, 15) is 8.42 Å². The number of ether oxygens (including phenoxy) is 1. The number of aryl methyl sites for hydroxylation is 1. The monoisotopic (exact) mass is 421 g/mol. The van der Waals surface area contributed by atoms with Crippen LogP contribution in [0.2, 0.25) is 0 Å². The standard InChI is InChI=1S/C17H16BrN3O3S/c1-3-24-14-6-7-15(13-5-4-8-19-16(13)14)25(22,23)21-17-11(2)9-12(18)10-20-17/h4-10H,3H2,1-2H3,(H,20,21). The van der Waals surface area contributed by atoms with Crippen molar-refractivity contribution in [1.82, 2.24) is 9.97 Å². The van der Waals surface area contributed by atoms with Gasteiger partial charge in [0.15, 0.2) is 0 Å². The normalized spacial score (nSPS) is 11.5. The molecule has 0 spiro atoms. The highest BCUT2D eigenvalue weighted by Crippen LogP contribution is 2.30. The molecule has 1 aromatic carbocycles. The zero-order chi connectivity index (χ0) is 18.0. The first-order valence-corrected chi connectivity index (χ1v) is 9.85. The predicted octanol–water partition coefficient (Wildman–Crippen LogP) is 3.90. The molecule has 6 nitrogen and oxygen atoms in total. The second-order valence-corrected chi connectivity index (χ2v) is 7.89. The number of rotatable bonds is 5. The molecule has 0 saturated heterocycles. The molecule has 0 aliphatic carbocycles. The Bertz CT molecular complexity index is 1040. The molecule has 0 amide bonds. The van der Waals surface area contributed by atoms with Gasteiger partial charge in [-0.25, -0.2) is 13.4 Å². The van der Waals surface area contributed by atoms with Gasteiger partial charge in [0.1, 0.15) is 17.1 Å². The summed E-state index contributed by atoms with van der Waals surface area (Å²) >= 11 is 3.31. The van der Waals surface area contributed by atoms with Crippen LogP contribution in [0.3, 0.4) is 0 Å². The van der Waals surface area contributed by atoms with E-state index in [1.165, 1.54) is 6.07 Å². The van der Waals surface area contributed by atoms with Crippen molar-refractivity contribution in [1.29, 1.82) is 0 Å². The number of anilines is 1. The molecule has 0 aliphatic heterocycles. The van der Waals surface area contributed by atoms with Crippen LogP contribution in [-0.4, -0.2) is 25.0 Å². The highest BCUT2D eigenvalue weighted by molar-refractivity contribution is 9.10. The van der Waals surface area contributed by atoms with Crippen molar-refractivity contribution in [3.05, 3.63) is 52.8 Å². The summed E-state index contributed by atoms with van der Waals surface area (Å²) in [5.41, 5.74) is 1.22. The Morgan fingerprint density at radius 3 is 2.76 bits per heavy atom. The summed E-state index contributed by atoms with van der Waals surface area (Å²) in [6.07, 6.45) is 3.15. The fourth-order valence-corrected chi connectivity index (χ4v) is 4.18. The van der Waals surface area contributed by atoms with Gasteiger partial charge in [0, 0.05) is 22.3 Å². The number of nitrogens with one attached hydrogen (secondary N) is 1. The lowest BCUT2D eigenvalue weighted by atomic mass is 10.2. The molecule has 0 fully saturated rings. The fraction of sp³-hybridized carbons (Fsp3) is 0.176. The number of halogens is 1. The van der Waals surface area contributed by atoms with E-state index in [1.54, 1.807) is 43.6 Å². The maximum atomic E-state index is 12.9. The third-order valence-corrected chi connectivity index (χ3v) is 5.39. The molecule has 25 heavy (non-hydrogen) atoms. The zero-order valence-electron chi connectivity index (χ0n) is 13.7. The zero-order valence-corrected chi connectivity index (χ0v) is 16.1. The first-order chi connectivity index (χ1) is 11.9. The van der Waals surface area contributed by atoms with Crippen molar-refractivity contribution >= 4 is 42.7 Å². The lowest BCUT2D eigenvalue weighted by Gasteiger charge is -2.13. The SMILES string of the molecule is CCOc1ccc(S(=O)(=O)Nc2ncc(Br)cc2C)c2cccnc12. The van der Waals surface area contributed by atoms with Crippen LogP contribution >= 0.6 is 15.9 Å². The van der Waals surface area contributed by atoms with E-state index in [0.717, 1.165) is 4.47 Å². The minimum atomic E-state index is -3.83. The molecule has 130 valence electrons. The van der Waals surface area contributed by atoms with Crippen LogP contribution in [0.25, 0.3) is 10.9 Å². The van der Waals surface area contributed by atoms with Gasteiger partial charge in [-0.2, -0.15) is 0 Å². The summed E-state index contributed by atoms with van der Waals surface area (Å²) in [7, 11) is -3.83. The van der Waals surface area contributed by atoms with E-state index >= 15 is 0 Å². The Morgan fingerprint density at radius 1 is 1.24 bits per heavy atom. The Hall–Kier alpha value is -2.19. The molecule has 0 atom stereocenters. The molecule has 0 radical (unpaired) electrons. The van der Waals surface area contributed by atoms with E-state index in [0.29, 0.717) is 28.8 Å². The molecule has 3 rings (SSSR count). The van der Waals surface area contributed by atoms with Gasteiger partial charge < -0.3 is 4.74 Å². The van der Waals surface area contributed by atoms with Crippen molar-refractivity contribution in [3.8, 4) is 5.75 Å². The van der Waals surface area contributed by atoms with Crippen molar-refractivity contribution in [3.63, 3.8) is 0 Å². The minimum Gasteiger partial charge on any atom is -0.492 e. The number of sulfonamides is 1. The van der Waals surface area contributed by atoms with Gasteiger partial charge in [-0.1, -0.05) is 0 Å². The Morgan fingerprint density at radius 2 is 2.04 bits per heavy atom. The van der Waals surface area contributed by atoms with E-state index < -0.39 is 10.0 Å². The molecule has 0 saturated carbocycles. The van der Waals surface area contributed by atoms with E-state index in [1.807, 2.05) is 6.92 Å². The number of hydrogen-bond acceptors (Lipinski definition) is 5. The van der Waals surface area contributed by atoms with Gasteiger partial charge in [-0.05, 0) is 65.7 Å². The molecule has 1 N–H and O–H groups in total. The van der Waals surface area contributed by atoms with Crippen molar-refractivity contribution in [2.75, 3.05) is 11.3 Å². The predicted molar refractivity (Wildman–Crippen MR) is 100 cm³/mol. The molecule has 0 bridgehead atoms. The minimum absolute atomic E-state index is 0.128. The van der Waals surface area contributed by atoms with Gasteiger partial charge >= 0.3 is 0 Å². The largest absolute Gasteiger partial charge is 0.492 e. The molecule has 8 heteroatoms. The topological polar surface area (TPSA) is 81.2 Å². The van der Waals surface area contributed by atoms with Crippen LogP contribution in [0.15, 0.2) is 52.1 Å². The van der Waals surface area contributed by atoms with Crippen LogP contribution in [0, 0.1) is 6.92 Å². The van der Waals surface area contributed by atoms with Gasteiger partial charge in [0.05, 0.1) is 11.5 Å². The lowest BCUT2D eigenvalue weighted by molar-refractivity contribution is 0.343. The average molecular weight is 422 g/mol. The van der Waals surface area contributed by atoms with Crippen LogP contribution in [0.1, 0.15) is 12.5 Å². The van der Waals surface area contributed by atoms with Crippen LogP contribution in [-0.2, 0) is 10.0 Å². The molecule has 0 aliphatic rings. The summed E-state index contributed by atoms with van der Waals surface area (Å²) in [6.45, 7) is 4.12. The lowest BCUT2D eigenvalue weighted by Crippen LogP contribution is -2.15. The number of pyridine rings is 2. The summed E-state index contributed by atoms with van der Waals surface area (Å²) in [5.74, 6) is 0.837. The van der Waals surface area contributed by atoms with Crippen molar-refractivity contribution in [2.45, 2.75) is 18.7 Å². The second-order valence-electron chi connectivity index (χ2n) is 5.32. The number of fused-ring (bicyclic) bond motifs is 1. The highest BCUT2D eigenvalue weighted by atomic mass is 79.9. The summed E-state index contributed by atoms with van der Waals surface area (Å²) in [4.78, 5) is 8.54. The maximum Gasteiger partial charge on any atom is 0.263 e. The van der Waals surface area contributed by atoms with Gasteiger partial charge in [0.25, 0.3) is 10.0 Å². The quantitative estimate of drug-likeness (QED) is 0.675. The molecule has 2 heterocycles. The first-order valence-electron chi connectivity index (χ1n) is 7.58. The summed E-state index contributed by atoms with van der Waals surface area (Å²) in [5, 5.41) is 0.496. The summed E-state index contributed by atoms with van der Waals surface area (Å²) in [6, 6.07) is 8.34. The van der Waals surface area contributed by atoms with E-state index in [4.69, 9.17) is 4.74 Å². The number of aromatic nitrogens is 2. The van der Waals surface area contributed by atoms with Crippen molar-refractivity contribution < 1.29 is 13.2 Å². The van der Waals surface area contributed by atoms with Crippen LogP contribution < -0.4 is 9.46 Å². The number of hydrogen-bond donors (Lipinski definition) is 1. The maximum absolute atomic E-state index is 12.9. The third kappa shape index (κ3) is 3.59. The fourth-order valence-electron chi connectivity index (χ4n) is 2.46. The smallest absolute Gasteiger partial charge is 0.263 e. The van der Waals surface area contributed by atoms with E-state index in [-0.39, 0.29) is 10.7 Å².